The van der Waals surface area contributed by atoms with Crippen LogP contribution in [0.5, 0.6) is 0 Å². The predicted octanol–water partition coefficient (Wildman–Crippen LogP) is 1.17. The van der Waals surface area contributed by atoms with E-state index in [-0.39, 0.29) is 5.82 Å². The average molecular weight is 335 g/mol. The lowest BCUT2D eigenvalue weighted by Crippen LogP contribution is -2.42. The van der Waals surface area contributed by atoms with Gasteiger partial charge in [0.1, 0.15) is 5.82 Å². The van der Waals surface area contributed by atoms with Gasteiger partial charge in [-0.15, -0.1) is 0 Å². The summed E-state index contributed by atoms with van der Waals surface area (Å²) in [5.74, 6) is 0.622. The van der Waals surface area contributed by atoms with Crippen molar-refractivity contribution >= 4 is 5.96 Å². The van der Waals surface area contributed by atoms with Crippen molar-refractivity contribution in [3.8, 4) is 0 Å². The molecule has 5 nitrogen and oxygen atoms in total. The number of likely N-dealkylation sites (N-methyl/N-ethyl adjacent to an activating group) is 1. The summed E-state index contributed by atoms with van der Waals surface area (Å²) in [7, 11) is 3.96. The van der Waals surface area contributed by atoms with Crippen LogP contribution in [0.3, 0.4) is 0 Å². The molecule has 134 valence electrons. The summed E-state index contributed by atoms with van der Waals surface area (Å²) < 4.78 is 13.2. The van der Waals surface area contributed by atoms with E-state index in [2.05, 4.69) is 32.5 Å². The molecule has 1 aromatic rings. The number of nitrogens with one attached hydrogen (secondary N) is 2. The highest BCUT2D eigenvalue weighted by Crippen LogP contribution is 2.03. The van der Waals surface area contributed by atoms with E-state index >= 15 is 0 Å². The van der Waals surface area contributed by atoms with Crippen molar-refractivity contribution in [1.82, 2.24) is 20.4 Å². The third-order valence-corrected chi connectivity index (χ3v) is 4.35. The van der Waals surface area contributed by atoms with Gasteiger partial charge in [-0.1, -0.05) is 12.1 Å². The topological polar surface area (TPSA) is 42.9 Å². The largest absolute Gasteiger partial charge is 0.356 e. The molecule has 0 amide bonds. The molecule has 0 radical (unpaired) electrons. The first-order valence-electron chi connectivity index (χ1n) is 8.77. The van der Waals surface area contributed by atoms with Crippen molar-refractivity contribution in [2.24, 2.45) is 4.99 Å². The van der Waals surface area contributed by atoms with Gasteiger partial charge in [0, 0.05) is 39.8 Å². The number of aliphatic imine (C=N–C) groups is 1. The summed E-state index contributed by atoms with van der Waals surface area (Å²) >= 11 is 0. The number of halogens is 1. The third-order valence-electron chi connectivity index (χ3n) is 4.35. The van der Waals surface area contributed by atoms with Crippen LogP contribution < -0.4 is 10.6 Å². The maximum Gasteiger partial charge on any atom is 0.191 e. The van der Waals surface area contributed by atoms with Gasteiger partial charge in [0.15, 0.2) is 5.96 Å². The SMILES string of the molecule is CN=C(NCCc1cccc(F)c1)NCCN1CCCN(C)CC1. The molecule has 0 saturated carbocycles. The fraction of sp³-hybridized carbons (Fsp3) is 0.611. The summed E-state index contributed by atoms with van der Waals surface area (Å²) in [6, 6.07) is 6.74. The van der Waals surface area contributed by atoms with Crippen molar-refractivity contribution in [3.05, 3.63) is 35.6 Å². The Morgan fingerprint density at radius 3 is 2.79 bits per heavy atom. The van der Waals surface area contributed by atoms with E-state index in [1.54, 1.807) is 19.2 Å². The average Bonchev–Trinajstić information content (AvgIpc) is 2.78. The first-order chi connectivity index (χ1) is 11.7. The zero-order chi connectivity index (χ0) is 17.2. The van der Waals surface area contributed by atoms with E-state index in [4.69, 9.17) is 0 Å². The summed E-state index contributed by atoms with van der Waals surface area (Å²) in [4.78, 5) is 9.13. The van der Waals surface area contributed by atoms with Crippen LogP contribution in [0.25, 0.3) is 0 Å². The molecular weight excluding hydrogens is 305 g/mol. The van der Waals surface area contributed by atoms with E-state index in [1.807, 2.05) is 6.07 Å². The molecule has 0 atom stereocenters. The molecule has 1 heterocycles. The van der Waals surface area contributed by atoms with Gasteiger partial charge in [-0.25, -0.2) is 4.39 Å². The van der Waals surface area contributed by atoms with E-state index in [9.17, 15) is 4.39 Å². The molecule has 1 fully saturated rings. The Balaban J connectivity index is 1.63. The number of benzene rings is 1. The number of guanidine groups is 1. The lowest BCUT2D eigenvalue weighted by molar-refractivity contribution is 0.280. The fourth-order valence-corrected chi connectivity index (χ4v) is 2.89. The molecule has 0 aliphatic carbocycles. The highest BCUT2D eigenvalue weighted by molar-refractivity contribution is 5.79. The zero-order valence-electron chi connectivity index (χ0n) is 14.9. The Morgan fingerprint density at radius 2 is 2.00 bits per heavy atom. The van der Waals surface area contributed by atoms with E-state index in [1.165, 1.54) is 19.0 Å². The van der Waals surface area contributed by atoms with Crippen LogP contribution in [0, 0.1) is 5.82 Å². The maximum absolute atomic E-state index is 13.2. The van der Waals surface area contributed by atoms with Gasteiger partial charge >= 0.3 is 0 Å². The van der Waals surface area contributed by atoms with Crippen LogP contribution in [-0.4, -0.2) is 75.7 Å². The molecule has 0 aromatic heterocycles. The molecule has 1 aliphatic heterocycles. The second-order valence-electron chi connectivity index (χ2n) is 6.30. The lowest BCUT2D eigenvalue weighted by Gasteiger charge is -2.21. The maximum atomic E-state index is 13.2. The first kappa shape index (κ1) is 18.7. The minimum Gasteiger partial charge on any atom is -0.356 e. The molecule has 6 heteroatoms. The predicted molar refractivity (Wildman–Crippen MR) is 98.0 cm³/mol. The Labute approximate surface area is 144 Å². The standard InChI is InChI=1S/C18H30FN5/c1-20-18(21-8-7-16-5-3-6-17(19)15-16)22-9-12-24-11-4-10-23(2)13-14-24/h3,5-6,15H,4,7-14H2,1-2H3,(H2,20,21,22). The zero-order valence-corrected chi connectivity index (χ0v) is 14.9. The van der Waals surface area contributed by atoms with Crippen molar-refractivity contribution in [2.45, 2.75) is 12.8 Å². The summed E-state index contributed by atoms with van der Waals surface area (Å²) in [6.45, 7) is 7.26. The van der Waals surface area contributed by atoms with E-state index < -0.39 is 0 Å². The Bertz CT molecular complexity index is 520. The van der Waals surface area contributed by atoms with Crippen LogP contribution in [0.1, 0.15) is 12.0 Å². The van der Waals surface area contributed by atoms with Gasteiger partial charge in [0.05, 0.1) is 0 Å². The van der Waals surface area contributed by atoms with Gasteiger partial charge in [-0.2, -0.15) is 0 Å². The molecule has 24 heavy (non-hydrogen) atoms. The van der Waals surface area contributed by atoms with Crippen molar-refractivity contribution in [3.63, 3.8) is 0 Å². The minimum atomic E-state index is -0.182. The molecule has 1 saturated heterocycles. The summed E-state index contributed by atoms with van der Waals surface area (Å²) in [5.41, 5.74) is 0.992. The molecule has 1 aromatic carbocycles. The monoisotopic (exact) mass is 335 g/mol. The molecular formula is C18H30FN5. The Morgan fingerprint density at radius 1 is 1.17 bits per heavy atom. The molecule has 0 unspecified atom stereocenters. The number of rotatable bonds is 6. The van der Waals surface area contributed by atoms with Gasteiger partial charge < -0.3 is 20.4 Å². The van der Waals surface area contributed by atoms with Crippen LogP contribution in [0.4, 0.5) is 4.39 Å². The molecule has 0 bridgehead atoms. The Kier molecular flexibility index (Phi) is 7.98. The van der Waals surface area contributed by atoms with Crippen molar-refractivity contribution in [1.29, 1.82) is 0 Å². The van der Waals surface area contributed by atoms with Gasteiger partial charge in [-0.05, 0) is 50.7 Å². The smallest absolute Gasteiger partial charge is 0.191 e. The lowest BCUT2D eigenvalue weighted by atomic mass is 10.1. The van der Waals surface area contributed by atoms with Gasteiger partial charge in [0.25, 0.3) is 0 Å². The van der Waals surface area contributed by atoms with E-state index in [0.29, 0.717) is 0 Å². The summed E-state index contributed by atoms with van der Waals surface area (Å²) in [5, 5.41) is 6.64. The normalized spacial score (nSPS) is 17.5. The molecule has 2 N–H and O–H groups in total. The quantitative estimate of drug-likeness (QED) is 0.605. The molecule has 1 aliphatic rings. The highest BCUT2D eigenvalue weighted by atomic mass is 19.1. The summed E-state index contributed by atoms with van der Waals surface area (Å²) in [6.07, 6.45) is 2.01. The first-order valence-corrected chi connectivity index (χ1v) is 8.77. The second-order valence-corrected chi connectivity index (χ2v) is 6.30. The second kappa shape index (κ2) is 10.3. The third kappa shape index (κ3) is 6.84. The highest BCUT2D eigenvalue weighted by Gasteiger charge is 2.11. The number of nitrogens with zero attached hydrogens (tertiary/aromatic N) is 3. The Hall–Kier alpha value is -1.66. The number of hydrogen-bond acceptors (Lipinski definition) is 3. The van der Waals surface area contributed by atoms with E-state index in [0.717, 1.165) is 57.2 Å². The minimum absolute atomic E-state index is 0.182. The van der Waals surface area contributed by atoms with Gasteiger partial charge in [-0.3, -0.25) is 4.99 Å². The van der Waals surface area contributed by atoms with Crippen LogP contribution >= 0.6 is 0 Å². The fourth-order valence-electron chi connectivity index (χ4n) is 2.89. The van der Waals surface area contributed by atoms with Gasteiger partial charge in [0.2, 0.25) is 0 Å². The van der Waals surface area contributed by atoms with Crippen LogP contribution in [0.15, 0.2) is 29.3 Å². The molecule has 0 spiro atoms. The molecule has 2 rings (SSSR count). The van der Waals surface area contributed by atoms with Crippen LogP contribution in [-0.2, 0) is 6.42 Å². The number of hydrogen-bond donors (Lipinski definition) is 2. The van der Waals surface area contributed by atoms with Crippen LogP contribution in [0.2, 0.25) is 0 Å². The van der Waals surface area contributed by atoms with Crippen molar-refractivity contribution in [2.75, 3.05) is 59.9 Å². The van der Waals surface area contributed by atoms with Crippen molar-refractivity contribution < 1.29 is 4.39 Å².